The summed E-state index contributed by atoms with van der Waals surface area (Å²) in [7, 11) is 1.79. The third-order valence-electron chi connectivity index (χ3n) is 2.65. The lowest BCUT2D eigenvalue weighted by atomic mass is 10.3. The van der Waals surface area contributed by atoms with E-state index in [2.05, 4.69) is 31.2 Å². The number of aromatic nitrogens is 2. The minimum Gasteiger partial charge on any atom is -0.335 e. The largest absolute Gasteiger partial charge is 0.335 e. The number of likely N-dealkylation sites (N-methyl/N-ethyl adjacent to an activating group) is 1. The molecule has 0 bridgehead atoms. The molecule has 104 valence electrons. The van der Waals surface area contributed by atoms with Crippen molar-refractivity contribution < 1.29 is 4.79 Å². The number of aryl methyl sites for hydroxylation is 1. The smallest absolute Gasteiger partial charge is 0.244 e. The number of benzene rings is 1. The van der Waals surface area contributed by atoms with E-state index in [1.165, 1.54) is 0 Å². The van der Waals surface area contributed by atoms with Gasteiger partial charge in [-0.1, -0.05) is 12.1 Å². The van der Waals surface area contributed by atoms with Gasteiger partial charge >= 0.3 is 0 Å². The first-order chi connectivity index (χ1) is 9.56. The van der Waals surface area contributed by atoms with Gasteiger partial charge in [0.2, 0.25) is 11.9 Å². The highest BCUT2D eigenvalue weighted by atomic mass is 79.9. The number of para-hydroxylation sites is 1. The summed E-state index contributed by atoms with van der Waals surface area (Å²) in [5.41, 5.74) is 1.61. The Morgan fingerprint density at radius 2 is 2.10 bits per heavy atom. The number of hydrogen-bond donors (Lipinski definition) is 1. The topological polar surface area (TPSA) is 58.1 Å². The molecule has 0 aliphatic rings. The van der Waals surface area contributed by atoms with Crippen molar-refractivity contribution in [3.63, 3.8) is 0 Å². The molecule has 20 heavy (non-hydrogen) atoms. The molecule has 0 spiro atoms. The number of carbonyl (C=O) groups excluding carboxylic acids is 1. The third-order valence-corrected chi connectivity index (χ3v) is 3.34. The summed E-state index contributed by atoms with van der Waals surface area (Å²) in [6, 6.07) is 9.30. The van der Waals surface area contributed by atoms with Gasteiger partial charge in [-0.25, -0.2) is 9.97 Å². The second-order valence-electron chi connectivity index (χ2n) is 4.38. The van der Waals surface area contributed by atoms with Gasteiger partial charge in [0.25, 0.3) is 0 Å². The fourth-order valence-electron chi connectivity index (χ4n) is 1.66. The zero-order valence-corrected chi connectivity index (χ0v) is 12.9. The van der Waals surface area contributed by atoms with Gasteiger partial charge in [-0.15, -0.1) is 0 Å². The van der Waals surface area contributed by atoms with Crippen molar-refractivity contribution in [1.82, 2.24) is 9.97 Å². The maximum atomic E-state index is 12.0. The lowest BCUT2D eigenvalue weighted by Crippen LogP contribution is -2.31. The molecule has 0 saturated heterocycles. The minimum absolute atomic E-state index is 0.121. The molecule has 1 aromatic heterocycles. The van der Waals surface area contributed by atoms with Gasteiger partial charge in [0, 0.05) is 23.4 Å². The van der Waals surface area contributed by atoms with Gasteiger partial charge in [-0.2, -0.15) is 0 Å². The predicted octanol–water partition coefficient (Wildman–Crippen LogP) is 2.62. The molecule has 1 amide bonds. The summed E-state index contributed by atoms with van der Waals surface area (Å²) in [6.07, 6.45) is 1.68. The van der Waals surface area contributed by atoms with Crippen molar-refractivity contribution in [1.29, 1.82) is 0 Å². The van der Waals surface area contributed by atoms with E-state index in [0.29, 0.717) is 5.95 Å². The van der Waals surface area contributed by atoms with E-state index in [1.807, 2.05) is 37.3 Å². The molecule has 1 N–H and O–H groups in total. The highest BCUT2D eigenvalue weighted by Crippen LogP contribution is 2.21. The molecule has 0 atom stereocenters. The van der Waals surface area contributed by atoms with Crippen LogP contribution in [0.2, 0.25) is 0 Å². The van der Waals surface area contributed by atoms with E-state index in [1.54, 1.807) is 18.1 Å². The van der Waals surface area contributed by atoms with Crippen LogP contribution in [0.1, 0.15) is 5.69 Å². The Bertz CT molecular complexity index is 618. The molecule has 6 heteroatoms. The highest BCUT2D eigenvalue weighted by molar-refractivity contribution is 9.10. The van der Waals surface area contributed by atoms with Gasteiger partial charge in [0.15, 0.2) is 0 Å². The summed E-state index contributed by atoms with van der Waals surface area (Å²) >= 11 is 3.39. The number of nitrogens with one attached hydrogen (secondary N) is 1. The van der Waals surface area contributed by atoms with E-state index in [0.717, 1.165) is 15.9 Å². The lowest BCUT2D eigenvalue weighted by Gasteiger charge is -2.17. The zero-order valence-electron chi connectivity index (χ0n) is 11.3. The highest BCUT2D eigenvalue weighted by Gasteiger charge is 2.11. The summed E-state index contributed by atoms with van der Waals surface area (Å²) in [4.78, 5) is 22.1. The Balaban J connectivity index is 2.00. The summed E-state index contributed by atoms with van der Waals surface area (Å²) in [6.45, 7) is 2.07. The summed E-state index contributed by atoms with van der Waals surface area (Å²) in [5, 5.41) is 2.84. The number of anilines is 2. The monoisotopic (exact) mass is 334 g/mol. The molecule has 0 saturated carbocycles. The molecule has 1 aromatic carbocycles. The second kappa shape index (κ2) is 6.47. The Morgan fingerprint density at radius 1 is 1.35 bits per heavy atom. The summed E-state index contributed by atoms with van der Waals surface area (Å²) in [5.74, 6) is 0.414. The van der Waals surface area contributed by atoms with E-state index in [-0.39, 0.29) is 12.5 Å². The van der Waals surface area contributed by atoms with Crippen molar-refractivity contribution in [2.45, 2.75) is 6.92 Å². The lowest BCUT2D eigenvalue weighted by molar-refractivity contribution is -0.114. The zero-order chi connectivity index (χ0) is 14.5. The fraction of sp³-hybridized carbons (Fsp3) is 0.214. The van der Waals surface area contributed by atoms with Crippen LogP contribution in [-0.4, -0.2) is 29.5 Å². The van der Waals surface area contributed by atoms with E-state index < -0.39 is 0 Å². The first-order valence-electron chi connectivity index (χ1n) is 6.11. The van der Waals surface area contributed by atoms with Crippen LogP contribution in [0.15, 0.2) is 41.0 Å². The quantitative estimate of drug-likeness (QED) is 0.933. The van der Waals surface area contributed by atoms with Crippen molar-refractivity contribution in [3.05, 3.63) is 46.7 Å². The Labute approximate surface area is 126 Å². The molecule has 0 unspecified atom stereocenters. The Kier molecular flexibility index (Phi) is 4.68. The van der Waals surface area contributed by atoms with E-state index in [9.17, 15) is 4.79 Å². The predicted molar refractivity (Wildman–Crippen MR) is 82.8 cm³/mol. The molecular weight excluding hydrogens is 320 g/mol. The van der Waals surface area contributed by atoms with Crippen LogP contribution in [-0.2, 0) is 4.79 Å². The van der Waals surface area contributed by atoms with Gasteiger partial charge < -0.3 is 10.2 Å². The number of carbonyl (C=O) groups is 1. The van der Waals surface area contributed by atoms with Crippen molar-refractivity contribution in [3.8, 4) is 0 Å². The molecule has 2 rings (SSSR count). The van der Waals surface area contributed by atoms with Gasteiger partial charge in [-0.05, 0) is 41.1 Å². The molecule has 2 aromatic rings. The van der Waals surface area contributed by atoms with Gasteiger partial charge in [0.1, 0.15) is 0 Å². The van der Waals surface area contributed by atoms with Crippen LogP contribution in [0, 0.1) is 6.92 Å². The van der Waals surface area contributed by atoms with Gasteiger partial charge in [-0.3, -0.25) is 4.79 Å². The second-order valence-corrected chi connectivity index (χ2v) is 5.24. The molecule has 1 heterocycles. The average Bonchev–Trinajstić information content (AvgIpc) is 2.41. The third kappa shape index (κ3) is 3.77. The number of hydrogen-bond acceptors (Lipinski definition) is 4. The molecule has 0 radical (unpaired) electrons. The maximum absolute atomic E-state index is 12.0. The van der Waals surface area contributed by atoms with E-state index in [4.69, 9.17) is 0 Å². The van der Waals surface area contributed by atoms with Crippen LogP contribution < -0.4 is 10.2 Å². The maximum Gasteiger partial charge on any atom is 0.244 e. The van der Waals surface area contributed by atoms with Crippen LogP contribution in [0.25, 0.3) is 0 Å². The molecule has 0 aliphatic carbocycles. The number of halogens is 1. The first kappa shape index (κ1) is 14.5. The van der Waals surface area contributed by atoms with Crippen LogP contribution in [0.5, 0.6) is 0 Å². The normalized spacial score (nSPS) is 10.2. The Morgan fingerprint density at radius 3 is 2.80 bits per heavy atom. The van der Waals surface area contributed by atoms with Crippen LogP contribution in [0.3, 0.4) is 0 Å². The average molecular weight is 335 g/mol. The molecule has 5 nitrogen and oxygen atoms in total. The van der Waals surface area contributed by atoms with Crippen molar-refractivity contribution in [2.75, 3.05) is 23.8 Å². The Hall–Kier alpha value is -1.95. The number of rotatable bonds is 4. The molecular formula is C14H15BrN4O. The van der Waals surface area contributed by atoms with Crippen molar-refractivity contribution in [2.24, 2.45) is 0 Å². The first-order valence-corrected chi connectivity index (χ1v) is 6.91. The fourth-order valence-corrected chi connectivity index (χ4v) is 2.04. The van der Waals surface area contributed by atoms with Crippen LogP contribution >= 0.6 is 15.9 Å². The molecule has 0 aliphatic heterocycles. The van der Waals surface area contributed by atoms with Crippen LogP contribution in [0.4, 0.5) is 11.6 Å². The minimum atomic E-state index is -0.121. The van der Waals surface area contributed by atoms with Crippen molar-refractivity contribution >= 4 is 33.5 Å². The summed E-state index contributed by atoms with van der Waals surface area (Å²) < 4.78 is 0.850. The SMILES string of the molecule is Cc1ccnc(N(C)CC(=O)Nc2ccccc2Br)n1. The number of nitrogens with zero attached hydrogens (tertiary/aromatic N) is 3. The van der Waals surface area contributed by atoms with E-state index >= 15 is 0 Å². The standard InChI is InChI=1S/C14H15BrN4O/c1-10-7-8-16-14(17-10)19(2)9-13(20)18-12-6-4-3-5-11(12)15/h3-8H,9H2,1-2H3,(H,18,20). The van der Waals surface area contributed by atoms with Gasteiger partial charge in [0.05, 0.1) is 12.2 Å². The molecule has 0 fully saturated rings. The number of amides is 1.